The van der Waals surface area contributed by atoms with Crippen LogP contribution in [0, 0.1) is 0 Å². The van der Waals surface area contributed by atoms with Crippen molar-refractivity contribution in [1.82, 2.24) is 14.5 Å². The van der Waals surface area contributed by atoms with Gasteiger partial charge in [0.1, 0.15) is 0 Å². The lowest BCUT2D eigenvalue weighted by atomic mass is 10.2. The van der Waals surface area contributed by atoms with Gasteiger partial charge >= 0.3 is 0 Å². The molecule has 0 fully saturated rings. The van der Waals surface area contributed by atoms with Crippen molar-refractivity contribution in [2.75, 3.05) is 7.11 Å². The van der Waals surface area contributed by atoms with Gasteiger partial charge in [0.15, 0.2) is 0 Å². The molecule has 2 N–H and O–H groups in total. The van der Waals surface area contributed by atoms with Crippen molar-refractivity contribution in [1.29, 1.82) is 0 Å². The van der Waals surface area contributed by atoms with E-state index < -0.39 is 0 Å². The van der Waals surface area contributed by atoms with E-state index in [9.17, 15) is 0 Å². The van der Waals surface area contributed by atoms with Crippen LogP contribution < -0.4 is 10.5 Å². The van der Waals surface area contributed by atoms with Crippen LogP contribution in [0.5, 0.6) is 5.88 Å². The standard InChI is InChI=1S/C12H16N4O/c1-9(13)11-6-14-8-16(11)7-10-3-4-15-12(5-10)17-2/h3-6,8-9H,7,13H2,1-2H3/t9-/m0/s1. The molecular weight excluding hydrogens is 216 g/mol. The summed E-state index contributed by atoms with van der Waals surface area (Å²) in [7, 11) is 1.61. The Morgan fingerprint density at radius 2 is 2.35 bits per heavy atom. The fraction of sp³-hybridized carbons (Fsp3) is 0.333. The van der Waals surface area contributed by atoms with Crippen LogP contribution in [0.4, 0.5) is 0 Å². The third kappa shape index (κ3) is 2.62. The first-order chi connectivity index (χ1) is 8.20. The van der Waals surface area contributed by atoms with Gasteiger partial charge in [-0.3, -0.25) is 0 Å². The van der Waals surface area contributed by atoms with Crippen LogP contribution >= 0.6 is 0 Å². The van der Waals surface area contributed by atoms with Crippen LogP contribution in [-0.2, 0) is 6.54 Å². The molecule has 0 aliphatic rings. The summed E-state index contributed by atoms with van der Waals surface area (Å²) in [6.45, 7) is 2.66. The molecule has 0 spiro atoms. The number of hydrogen-bond donors (Lipinski definition) is 1. The molecule has 0 amide bonds. The highest BCUT2D eigenvalue weighted by molar-refractivity contribution is 5.21. The average Bonchev–Trinajstić information content (AvgIpc) is 2.77. The molecule has 2 aromatic rings. The maximum Gasteiger partial charge on any atom is 0.213 e. The van der Waals surface area contributed by atoms with Crippen molar-refractivity contribution < 1.29 is 4.74 Å². The Bertz CT molecular complexity index is 493. The minimum atomic E-state index is -0.0266. The largest absolute Gasteiger partial charge is 0.481 e. The second-order valence-corrected chi connectivity index (χ2v) is 3.94. The molecule has 5 heteroatoms. The number of pyridine rings is 1. The second kappa shape index (κ2) is 4.97. The Morgan fingerprint density at radius 1 is 1.53 bits per heavy atom. The summed E-state index contributed by atoms with van der Waals surface area (Å²) in [6.07, 6.45) is 5.31. The van der Waals surface area contributed by atoms with Gasteiger partial charge in [0.2, 0.25) is 5.88 Å². The van der Waals surface area contributed by atoms with Gasteiger partial charge in [-0.25, -0.2) is 9.97 Å². The van der Waals surface area contributed by atoms with Gasteiger partial charge in [0.05, 0.1) is 19.1 Å². The summed E-state index contributed by atoms with van der Waals surface area (Å²) in [5, 5.41) is 0. The summed E-state index contributed by atoms with van der Waals surface area (Å²) in [6, 6.07) is 3.83. The quantitative estimate of drug-likeness (QED) is 0.864. The highest BCUT2D eigenvalue weighted by Gasteiger charge is 2.07. The minimum Gasteiger partial charge on any atom is -0.481 e. The Morgan fingerprint density at radius 3 is 3.06 bits per heavy atom. The third-order valence-electron chi connectivity index (χ3n) is 2.57. The number of methoxy groups -OCH3 is 1. The summed E-state index contributed by atoms with van der Waals surface area (Å²) < 4.78 is 7.12. The molecule has 0 unspecified atom stereocenters. The van der Waals surface area contributed by atoms with Gasteiger partial charge in [-0.1, -0.05) is 0 Å². The van der Waals surface area contributed by atoms with Crippen molar-refractivity contribution in [2.24, 2.45) is 5.73 Å². The van der Waals surface area contributed by atoms with Crippen molar-refractivity contribution in [2.45, 2.75) is 19.5 Å². The highest BCUT2D eigenvalue weighted by Crippen LogP contribution is 2.14. The van der Waals surface area contributed by atoms with Crippen LogP contribution in [0.25, 0.3) is 0 Å². The molecule has 0 aliphatic carbocycles. The van der Waals surface area contributed by atoms with Crippen molar-refractivity contribution in [3.63, 3.8) is 0 Å². The SMILES string of the molecule is COc1cc(Cn2cncc2[C@H](C)N)ccn1. The Balaban J connectivity index is 2.22. The lowest BCUT2D eigenvalue weighted by molar-refractivity contribution is 0.397. The predicted octanol–water partition coefficient (Wildman–Crippen LogP) is 1.35. The molecule has 1 atom stereocenters. The van der Waals surface area contributed by atoms with E-state index in [-0.39, 0.29) is 6.04 Å². The molecule has 90 valence electrons. The number of imidazole rings is 1. The van der Waals surface area contributed by atoms with E-state index in [2.05, 4.69) is 9.97 Å². The molecule has 2 aromatic heterocycles. The smallest absolute Gasteiger partial charge is 0.213 e. The Kier molecular flexibility index (Phi) is 3.39. The summed E-state index contributed by atoms with van der Waals surface area (Å²) >= 11 is 0. The van der Waals surface area contributed by atoms with Crippen LogP contribution in [0.15, 0.2) is 30.9 Å². The first-order valence-corrected chi connectivity index (χ1v) is 5.45. The molecule has 0 saturated heterocycles. The van der Waals surface area contributed by atoms with E-state index in [0.717, 1.165) is 17.8 Å². The predicted molar refractivity (Wildman–Crippen MR) is 64.7 cm³/mol. The van der Waals surface area contributed by atoms with Gasteiger partial charge in [-0.15, -0.1) is 0 Å². The fourth-order valence-corrected chi connectivity index (χ4v) is 1.70. The highest BCUT2D eigenvalue weighted by atomic mass is 16.5. The summed E-state index contributed by atoms with van der Waals surface area (Å²) in [5.74, 6) is 0.616. The van der Waals surface area contributed by atoms with E-state index in [1.807, 2.05) is 23.6 Å². The van der Waals surface area contributed by atoms with Crippen LogP contribution in [0.3, 0.4) is 0 Å². The summed E-state index contributed by atoms with van der Waals surface area (Å²) in [4.78, 5) is 8.19. The molecule has 5 nitrogen and oxygen atoms in total. The van der Waals surface area contributed by atoms with E-state index >= 15 is 0 Å². The topological polar surface area (TPSA) is 66.0 Å². The second-order valence-electron chi connectivity index (χ2n) is 3.94. The molecule has 0 saturated carbocycles. The monoisotopic (exact) mass is 232 g/mol. The first-order valence-electron chi connectivity index (χ1n) is 5.45. The van der Waals surface area contributed by atoms with Gasteiger partial charge in [0.25, 0.3) is 0 Å². The summed E-state index contributed by atoms with van der Waals surface area (Å²) in [5.41, 5.74) is 7.99. The molecule has 2 heterocycles. The number of rotatable bonds is 4. The normalized spacial score (nSPS) is 12.4. The fourth-order valence-electron chi connectivity index (χ4n) is 1.70. The molecule has 0 radical (unpaired) electrons. The lowest BCUT2D eigenvalue weighted by Gasteiger charge is -2.11. The molecule has 0 aromatic carbocycles. The van der Waals surface area contributed by atoms with Crippen LogP contribution in [-0.4, -0.2) is 21.6 Å². The number of hydrogen-bond acceptors (Lipinski definition) is 4. The lowest BCUT2D eigenvalue weighted by Crippen LogP contribution is -2.12. The molecule has 0 bridgehead atoms. The zero-order chi connectivity index (χ0) is 12.3. The molecular formula is C12H16N4O. The van der Waals surface area contributed by atoms with E-state index in [4.69, 9.17) is 10.5 Å². The van der Waals surface area contributed by atoms with Gasteiger partial charge in [-0.05, 0) is 18.6 Å². The van der Waals surface area contributed by atoms with Crippen molar-refractivity contribution >= 4 is 0 Å². The van der Waals surface area contributed by atoms with E-state index in [1.54, 1.807) is 25.8 Å². The Labute approximate surface area is 100 Å². The van der Waals surface area contributed by atoms with Gasteiger partial charge in [0, 0.05) is 31.0 Å². The molecule has 2 rings (SSSR count). The maximum absolute atomic E-state index is 5.87. The van der Waals surface area contributed by atoms with Gasteiger partial charge < -0.3 is 15.0 Å². The maximum atomic E-state index is 5.87. The van der Waals surface area contributed by atoms with Crippen molar-refractivity contribution in [3.8, 4) is 5.88 Å². The van der Waals surface area contributed by atoms with Crippen molar-refractivity contribution in [3.05, 3.63) is 42.1 Å². The zero-order valence-corrected chi connectivity index (χ0v) is 10.00. The van der Waals surface area contributed by atoms with E-state index in [0.29, 0.717) is 5.88 Å². The third-order valence-corrected chi connectivity index (χ3v) is 2.57. The number of aromatic nitrogens is 3. The Hall–Kier alpha value is -1.88. The number of ether oxygens (including phenoxy) is 1. The first kappa shape index (κ1) is 11.6. The van der Waals surface area contributed by atoms with Gasteiger partial charge in [-0.2, -0.15) is 0 Å². The van der Waals surface area contributed by atoms with Crippen LogP contribution in [0.2, 0.25) is 0 Å². The number of nitrogens with two attached hydrogens (primary N) is 1. The van der Waals surface area contributed by atoms with E-state index in [1.165, 1.54) is 0 Å². The molecule has 17 heavy (non-hydrogen) atoms. The zero-order valence-electron chi connectivity index (χ0n) is 10.00. The number of nitrogens with zero attached hydrogens (tertiary/aromatic N) is 3. The molecule has 0 aliphatic heterocycles. The average molecular weight is 232 g/mol. The van der Waals surface area contributed by atoms with Crippen LogP contribution in [0.1, 0.15) is 24.2 Å². The minimum absolute atomic E-state index is 0.0266.